The highest BCUT2D eigenvalue weighted by Crippen LogP contribution is 2.33. The molecule has 3 nitrogen and oxygen atoms in total. The molecular formula is C17H17BrN2O. The van der Waals surface area contributed by atoms with Crippen molar-refractivity contribution in [2.75, 3.05) is 0 Å². The van der Waals surface area contributed by atoms with Crippen LogP contribution in [0.5, 0.6) is 5.75 Å². The Morgan fingerprint density at radius 3 is 2.57 bits per heavy atom. The number of phenolic OH excluding ortho intramolecular Hbond substituents is 1. The van der Waals surface area contributed by atoms with E-state index in [1.807, 2.05) is 12.1 Å². The summed E-state index contributed by atoms with van der Waals surface area (Å²) in [5.74, 6) is 1.11. The first-order valence-corrected chi connectivity index (χ1v) is 7.74. The van der Waals surface area contributed by atoms with Gasteiger partial charge in [0.1, 0.15) is 11.6 Å². The van der Waals surface area contributed by atoms with Crippen LogP contribution in [-0.4, -0.2) is 14.7 Å². The highest BCUT2D eigenvalue weighted by atomic mass is 79.9. The topological polar surface area (TPSA) is 38.1 Å². The fraction of sp³-hybridized carbons (Fsp3) is 0.235. The minimum Gasteiger partial charge on any atom is -0.507 e. The number of aryl methyl sites for hydroxylation is 1. The first-order chi connectivity index (χ1) is 9.97. The maximum atomic E-state index is 9.93. The third kappa shape index (κ3) is 2.44. The molecule has 1 N–H and O–H groups in total. The van der Waals surface area contributed by atoms with Gasteiger partial charge in [-0.05, 0) is 72.6 Å². The smallest absolute Gasteiger partial charge is 0.141 e. The quantitative estimate of drug-likeness (QED) is 0.705. The monoisotopic (exact) mass is 344 g/mol. The molecule has 0 amide bonds. The van der Waals surface area contributed by atoms with Crippen LogP contribution in [0.3, 0.4) is 0 Å². The molecule has 0 fully saturated rings. The van der Waals surface area contributed by atoms with Gasteiger partial charge in [-0.2, -0.15) is 0 Å². The Labute approximate surface area is 132 Å². The molecule has 0 unspecified atom stereocenters. The van der Waals surface area contributed by atoms with E-state index in [0.717, 1.165) is 22.4 Å². The number of hydrogen-bond acceptors (Lipinski definition) is 2. The van der Waals surface area contributed by atoms with Crippen LogP contribution in [0.4, 0.5) is 0 Å². The molecule has 0 aliphatic rings. The molecule has 1 aromatic heterocycles. The number of hydrogen-bond donors (Lipinski definition) is 1. The van der Waals surface area contributed by atoms with Gasteiger partial charge in [0.15, 0.2) is 0 Å². The summed E-state index contributed by atoms with van der Waals surface area (Å²) >= 11 is 3.32. The van der Waals surface area contributed by atoms with Crippen LogP contribution in [0.25, 0.3) is 22.4 Å². The predicted octanol–water partition coefficient (Wildman–Crippen LogP) is 5.06. The molecular weight excluding hydrogens is 328 g/mol. The first kappa shape index (κ1) is 14.1. The van der Waals surface area contributed by atoms with Crippen LogP contribution in [0.2, 0.25) is 0 Å². The molecule has 0 aliphatic carbocycles. The summed E-state index contributed by atoms with van der Waals surface area (Å²) in [6.45, 7) is 6.35. The van der Waals surface area contributed by atoms with Crippen LogP contribution < -0.4 is 0 Å². The summed E-state index contributed by atoms with van der Waals surface area (Å²) in [5.41, 5.74) is 4.22. The van der Waals surface area contributed by atoms with Gasteiger partial charge in [0.05, 0.1) is 15.5 Å². The predicted molar refractivity (Wildman–Crippen MR) is 89.7 cm³/mol. The standard InChI is InChI=1S/C17H17BrN2O/c1-10(2)20-15-7-4-11(3)8-14(15)19-17(20)12-5-6-13(18)16(21)9-12/h4-10,21H,1-3H3. The van der Waals surface area contributed by atoms with Gasteiger partial charge in [-0.25, -0.2) is 4.98 Å². The van der Waals surface area contributed by atoms with E-state index in [9.17, 15) is 5.11 Å². The normalized spacial score (nSPS) is 11.5. The van der Waals surface area contributed by atoms with Crippen LogP contribution in [-0.2, 0) is 0 Å². The second-order valence-corrected chi connectivity index (χ2v) is 6.41. The molecule has 3 aromatic rings. The van der Waals surface area contributed by atoms with Crippen molar-refractivity contribution in [1.82, 2.24) is 9.55 Å². The Balaban J connectivity index is 2.30. The molecule has 0 spiro atoms. The number of nitrogens with zero attached hydrogens (tertiary/aromatic N) is 2. The minimum atomic E-state index is 0.228. The van der Waals surface area contributed by atoms with E-state index in [1.54, 1.807) is 6.07 Å². The first-order valence-electron chi connectivity index (χ1n) is 6.95. The van der Waals surface area contributed by atoms with Crippen LogP contribution in [0.15, 0.2) is 40.9 Å². The third-order valence-electron chi connectivity index (χ3n) is 3.57. The number of fused-ring (bicyclic) bond motifs is 1. The second-order valence-electron chi connectivity index (χ2n) is 5.56. The zero-order valence-corrected chi connectivity index (χ0v) is 13.8. The fourth-order valence-corrected chi connectivity index (χ4v) is 2.83. The van der Waals surface area contributed by atoms with Gasteiger partial charge in [-0.1, -0.05) is 6.07 Å². The molecule has 0 radical (unpaired) electrons. The summed E-state index contributed by atoms with van der Waals surface area (Å²) in [7, 11) is 0. The van der Waals surface area contributed by atoms with E-state index in [0.29, 0.717) is 10.5 Å². The maximum Gasteiger partial charge on any atom is 0.141 e. The Bertz CT molecular complexity index is 821. The molecule has 2 aromatic carbocycles. The van der Waals surface area contributed by atoms with E-state index in [1.165, 1.54) is 5.56 Å². The highest BCUT2D eigenvalue weighted by Gasteiger charge is 2.15. The highest BCUT2D eigenvalue weighted by molar-refractivity contribution is 9.10. The summed E-state index contributed by atoms with van der Waals surface area (Å²) in [5, 5.41) is 9.93. The van der Waals surface area contributed by atoms with Gasteiger partial charge in [0.2, 0.25) is 0 Å². The lowest BCUT2D eigenvalue weighted by Gasteiger charge is -2.13. The van der Waals surface area contributed by atoms with E-state index in [-0.39, 0.29) is 5.75 Å². The molecule has 0 bridgehead atoms. The number of aromatic nitrogens is 2. The molecule has 21 heavy (non-hydrogen) atoms. The lowest BCUT2D eigenvalue weighted by Crippen LogP contribution is -2.03. The summed E-state index contributed by atoms with van der Waals surface area (Å²) < 4.78 is 2.89. The number of halogens is 1. The van der Waals surface area contributed by atoms with Crippen molar-refractivity contribution >= 4 is 27.0 Å². The van der Waals surface area contributed by atoms with Crippen LogP contribution in [0.1, 0.15) is 25.5 Å². The summed E-state index contributed by atoms with van der Waals surface area (Å²) in [6, 6.07) is 12.2. The average Bonchev–Trinajstić information content (AvgIpc) is 2.80. The molecule has 108 valence electrons. The van der Waals surface area contributed by atoms with Gasteiger partial charge in [0.25, 0.3) is 0 Å². The van der Waals surface area contributed by atoms with Crippen molar-refractivity contribution in [3.05, 3.63) is 46.4 Å². The molecule has 3 rings (SSSR count). The van der Waals surface area contributed by atoms with Gasteiger partial charge in [0, 0.05) is 11.6 Å². The largest absolute Gasteiger partial charge is 0.507 e. The molecule has 4 heteroatoms. The zero-order chi connectivity index (χ0) is 15.1. The van der Waals surface area contributed by atoms with E-state index >= 15 is 0 Å². The summed E-state index contributed by atoms with van der Waals surface area (Å²) in [4.78, 5) is 4.77. The van der Waals surface area contributed by atoms with E-state index < -0.39 is 0 Å². The number of aromatic hydroxyl groups is 1. The van der Waals surface area contributed by atoms with Crippen molar-refractivity contribution in [2.24, 2.45) is 0 Å². The molecule has 0 aliphatic heterocycles. The SMILES string of the molecule is Cc1ccc2c(c1)nc(-c1ccc(Br)c(O)c1)n2C(C)C. The lowest BCUT2D eigenvalue weighted by molar-refractivity contribution is 0.472. The van der Waals surface area contributed by atoms with Gasteiger partial charge in [-0.3, -0.25) is 0 Å². The number of benzene rings is 2. The van der Waals surface area contributed by atoms with E-state index in [2.05, 4.69) is 59.5 Å². The van der Waals surface area contributed by atoms with Crippen molar-refractivity contribution in [3.8, 4) is 17.1 Å². The van der Waals surface area contributed by atoms with Crippen molar-refractivity contribution in [2.45, 2.75) is 26.8 Å². The number of phenols is 1. The van der Waals surface area contributed by atoms with Gasteiger partial charge in [-0.15, -0.1) is 0 Å². The minimum absolute atomic E-state index is 0.228. The number of imidazole rings is 1. The van der Waals surface area contributed by atoms with Crippen molar-refractivity contribution < 1.29 is 5.11 Å². The maximum absolute atomic E-state index is 9.93. The van der Waals surface area contributed by atoms with Crippen LogP contribution >= 0.6 is 15.9 Å². The zero-order valence-electron chi connectivity index (χ0n) is 12.3. The summed E-state index contributed by atoms with van der Waals surface area (Å²) in [6.07, 6.45) is 0. The van der Waals surface area contributed by atoms with Crippen LogP contribution in [0, 0.1) is 6.92 Å². The van der Waals surface area contributed by atoms with Gasteiger partial charge >= 0.3 is 0 Å². The molecule has 0 saturated carbocycles. The lowest BCUT2D eigenvalue weighted by atomic mass is 10.2. The Morgan fingerprint density at radius 1 is 1.14 bits per heavy atom. The van der Waals surface area contributed by atoms with E-state index in [4.69, 9.17) is 4.98 Å². The Morgan fingerprint density at radius 2 is 1.90 bits per heavy atom. The second kappa shape index (κ2) is 5.19. The van der Waals surface area contributed by atoms with Gasteiger partial charge < -0.3 is 9.67 Å². The Kier molecular flexibility index (Phi) is 3.49. The molecule has 0 saturated heterocycles. The average molecular weight is 345 g/mol. The number of rotatable bonds is 2. The third-order valence-corrected chi connectivity index (χ3v) is 4.24. The Hall–Kier alpha value is -1.81. The molecule has 1 heterocycles. The fourth-order valence-electron chi connectivity index (χ4n) is 2.59. The molecule has 0 atom stereocenters. The van der Waals surface area contributed by atoms with Crippen molar-refractivity contribution in [1.29, 1.82) is 0 Å². The van der Waals surface area contributed by atoms with Crippen molar-refractivity contribution in [3.63, 3.8) is 0 Å².